The summed E-state index contributed by atoms with van der Waals surface area (Å²) >= 11 is 0. The van der Waals surface area contributed by atoms with Crippen molar-refractivity contribution in [1.82, 2.24) is 14.5 Å². The van der Waals surface area contributed by atoms with E-state index in [9.17, 15) is 4.79 Å². The predicted molar refractivity (Wildman–Crippen MR) is 65.7 cm³/mol. The highest BCUT2D eigenvalue weighted by Crippen LogP contribution is 2.00. The quantitative estimate of drug-likeness (QED) is 0.793. The van der Waals surface area contributed by atoms with Crippen LogP contribution in [0, 0.1) is 0 Å². The molecular weight excluding hydrogens is 204 g/mol. The van der Waals surface area contributed by atoms with Gasteiger partial charge in [0.15, 0.2) is 5.82 Å². The molecule has 90 valence electrons. The van der Waals surface area contributed by atoms with Crippen LogP contribution in [0.15, 0.2) is 17.2 Å². The van der Waals surface area contributed by atoms with Crippen molar-refractivity contribution in [3.05, 3.63) is 22.7 Å². The van der Waals surface area contributed by atoms with Gasteiger partial charge in [0.05, 0.1) is 0 Å². The number of hydrogen-bond donors (Lipinski definition) is 1. The minimum Gasteiger partial charge on any atom is -0.363 e. The lowest BCUT2D eigenvalue weighted by Gasteiger charge is -2.16. The molecule has 1 N–H and O–H groups in total. The Morgan fingerprint density at radius 2 is 2.25 bits per heavy atom. The van der Waals surface area contributed by atoms with Crippen molar-refractivity contribution in [3.8, 4) is 0 Å². The van der Waals surface area contributed by atoms with E-state index >= 15 is 0 Å². The fourth-order valence-electron chi connectivity index (χ4n) is 1.35. The molecule has 1 heterocycles. The Hall–Kier alpha value is -1.36. The molecule has 1 unspecified atom stereocenters. The van der Waals surface area contributed by atoms with Crippen molar-refractivity contribution in [2.75, 3.05) is 26.0 Å². The zero-order valence-electron chi connectivity index (χ0n) is 10.4. The first-order valence-corrected chi connectivity index (χ1v) is 5.43. The topological polar surface area (TPSA) is 50.2 Å². The van der Waals surface area contributed by atoms with Gasteiger partial charge in [-0.2, -0.15) is 0 Å². The number of aromatic nitrogens is 2. The summed E-state index contributed by atoms with van der Waals surface area (Å²) in [5, 5.41) is 3.14. The van der Waals surface area contributed by atoms with Crippen LogP contribution >= 0.6 is 0 Å². The summed E-state index contributed by atoms with van der Waals surface area (Å²) in [7, 11) is 5.79. The van der Waals surface area contributed by atoms with Crippen molar-refractivity contribution >= 4 is 5.82 Å². The lowest BCUT2D eigenvalue weighted by atomic mass is 10.2. The van der Waals surface area contributed by atoms with E-state index in [-0.39, 0.29) is 11.6 Å². The largest absolute Gasteiger partial charge is 0.363 e. The van der Waals surface area contributed by atoms with Gasteiger partial charge in [-0.1, -0.05) is 0 Å². The number of nitrogens with one attached hydrogen (secondary N) is 1. The van der Waals surface area contributed by atoms with Crippen molar-refractivity contribution < 1.29 is 0 Å². The van der Waals surface area contributed by atoms with Crippen LogP contribution in [-0.4, -0.2) is 41.1 Å². The van der Waals surface area contributed by atoms with Crippen molar-refractivity contribution in [1.29, 1.82) is 0 Å². The summed E-state index contributed by atoms with van der Waals surface area (Å²) in [5.74, 6) is 0.427. The Morgan fingerprint density at radius 3 is 2.88 bits per heavy atom. The second-order valence-corrected chi connectivity index (χ2v) is 4.33. The first-order chi connectivity index (χ1) is 7.50. The SMILES string of the molecule is CC(CCN(C)C)Nc1nccn(C)c1=O. The molecule has 0 aliphatic rings. The highest BCUT2D eigenvalue weighted by Gasteiger charge is 2.07. The molecule has 0 fully saturated rings. The summed E-state index contributed by atoms with van der Waals surface area (Å²) < 4.78 is 1.52. The van der Waals surface area contributed by atoms with Gasteiger partial charge in [0.1, 0.15) is 0 Å². The van der Waals surface area contributed by atoms with Crippen LogP contribution in [0.5, 0.6) is 0 Å². The molecule has 0 amide bonds. The van der Waals surface area contributed by atoms with Crippen LogP contribution in [0.4, 0.5) is 5.82 Å². The van der Waals surface area contributed by atoms with E-state index in [1.54, 1.807) is 19.4 Å². The van der Waals surface area contributed by atoms with Gasteiger partial charge in [0, 0.05) is 25.5 Å². The smallest absolute Gasteiger partial charge is 0.293 e. The second-order valence-electron chi connectivity index (χ2n) is 4.33. The first kappa shape index (κ1) is 12.7. The van der Waals surface area contributed by atoms with Crippen LogP contribution in [0.25, 0.3) is 0 Å². The number of rotatable bonds is 5. The Bertz CT molecular complexity index is 386. The van der Waals surface area contributed by atoms with Gasteiger partial charge in [-0.15, -0.1) is 0 Å². The van der Waals surface area contributed by atoms with Crippen molar-refractivity contribution in [3.63, 3.8) is 0 Å². The van der Waals surface area contributed by atoms with E-state index in [4.69, 9.17) is 0 Å². The van der Waals surface area contributed by atoms with Gasteiger partial charge in [-0.05, 0) is 34.0 Å². The molecule has 1 aromatic heterocycles. The molecule has 16 heavy (non-hydrogen) atoms. The third-order valence-electron chi connectivity index (χ3n) is 2.41. The summed E-state index contributed by atoms with van der Waals surface area (Å²) in [6.07, 6.45) is 4.26. The lowest BCUT2D eigenvalue weighted by Crippen LogP contribution is -2.28. The Balaban J connectivity index is 2.59. The molecule has 0 saturated heterocycles. The maximum atomic E-state index is 11.7. The Labute approximate surface area is 96.1 Å². The van der Waals surface area contributed by atoms with Crippen LogP contribution in [0.1, 0.15) is 13.3 Å². The highest BCUT2D eigenvalue weighted by atomic mass is 16.1. The predicted octanol–water partition coefficient (Wildman–Crippen LogP) is 0.532. The maximum absolute atomic E-state index is 11.7. The van der Waals surface area contributed by atoms with Gasteiger partial charge in [0.25, 0.3) is 5.56 Å². The van der Waals surface area contributed by atoms with Crippen LogP contribution in [-0.2, 0) is 7.05 Å². The molecular formula is C11H20N4O. The minimum absolute atomic E-state index is 0.0841. The Morgan fingerprint density at radius 1 is 1.56 bits per heavy atom. The molecule has 5 nitrogen and oxygen atoms in total. The van der Waals surface area contributed by atoms with Crippen LogP contribution in [0.2, 0.25) is 0 Å². The van der Waals surface area contributed by atoms with Crippen molar-refractivity contribution in [2.45, 2.75) is 19.4 Å². The lowest BCUT2D eigenvalue weighted by molar-refractivity contribution is 0.390. The fourth-order valence-corrected chi connectivity index (χ4v) is 1.35. The number of hydrogen-bond acceptors (Lipinski definition) is 4. The molecule has 0 bridgehead atoms. The second kappa shape index (κ2) is 5.65. The number of nitrogens with zero attached hydrogens (tertiary/aromatic N) is 3. The van der Waals surface area contributed by atoms with E-state index in [0.29, 0.717) is 5.82 Å². The zero-order valence-corrected chi connectivity index (χ0v) is 10.4. The minimum atomic E-state index is -0.0841. The molecule has 1 aromatic rings. The summed E-state index contributed by atoms with van der Waals surface area (Å²) in [6.45, 7) is 3.04. The highest BCUT2D eigenvalue weighted by molar-refractivity contribution is 5.31. The van der Waals surface area contributed by atoms with Crippen LogP contribution < -0.4 is 10.9 Å². The van der Waals surface area contributed by atoms with Gasteiger partial charge < -0.3 is 14.8 Å². The summed E-state index contributed by atoms with van der Waals surface area (Å²) in [5.41, 5.74) is -0.0841. The maximum Gasteiger partial charge on any atom is 0.293 e. The molecule has 0 saturated carbocycles. The average molecular weight is 224 g/mol. The number of aryl methyl sites for hydroxylation is 1. The van der Waals surface area contributed by atoms with Crippen molar-refractivity contribution in [2.24, 2.45) is 7.05 Å². The molecule has 0 radical (unpaired) electrons. The van der Waals surface area contributed by atoms with Crippen LogP contribution in [0.3, 0.4) is 0 Å². The normalized spacial score (nSPS) is 12.8. The third kappa shape index (κ3) is 3.66. The van der Waals surface area contributed by atoms with E-state index in [2.05, 4.69) is 22.1 Å². The van der Waals surface area contributed by atoms with Gasteiger partial charge in [-0.3, -0.25) is 4.79 Å². The first-order valence-electron chi connectivity index (χ1n) is 5.43. The number of anilines is 1. The van der Waals surface area contributed by atoms with E-state index in [1.165, 1.54) is 4.57 Å². The van der Waals surface area contributed by atoms with Gasteiger partial charge >= 0.3 is 0 Å². The average Bonchev–Trinajstić information content (AvgIpc) is 2.22. The van der Waals surface area contributed by atoms with E-state index < -0.39 is 0 Å². The zero-order chi connectivity index (χ0) is 12.1. The Kier molecular flexibility index (Phi) is 4.49. The van der Waals surface area contributed by atoms with E-state index in [1.807, 2.05) is 14.1 Å². The molecule has 1 rings (SSSR count). The molecule has 0 aliphatic carbocycles. The molecule has 5 heteroatoms. The molecule has 0 spiro atoms. The molecule has 0 aliphatic heterocycles. The summed E-state index contributed by atoms with van der Waals surface area (Å²) in [4.78, 5) is 17.8. The molecule has 0 aromatic carbocycles. The van der Waals surface area contributed by atoms with Gasteiger partial charge in [0.2, 0.25) is 0 Å². The third-order valence-corrected chi connectivity index (χ3v) is 2.41. The fraction of sp³-hybridized carbons (Fsp3) is 0.636. The van der Waals surface area contributed by atoms with Gasteiger partial charge in [-0.25, -0.2) is 4.98 Å². The molecule has 1 atom stereocenters. The van der Waals surface area contributed by atoms with E-state index in [0.717, 1.165) is 13.0 Å². The standard InChI is InChI=1S/C11H20N4O/c1-9(5-7-14(2)3)13-10-11(16)15(4)8-6-12-10/h6,8-9H,5,7H2,1-4H3,(H,12,13). The monoisotopic (exact) mass is 224 g/mol. The summed E-state index contributed by atoms with van der Waals surface area (Å²) in [6, 6.07) is 0.241.